The highest BCUT2D eigenvalue weighted by molar-refractivity contribution is 5.78. The number of hydrogen-bond donors (Lipinski definition) is 1. The predicted octanol–water partition coefficient (Wildman–Crippen LogP) is 3.19. The molecule has 14 heteroatoms. The van der Waals surface area contributed by atoms with Gasteiger partial charge in [-0.25, -0.2) is 18.4 Å². The molecule has 36 heavy (non-hydrogen) atoms. The normalized spacial score (nSPS) is 13.5. The van der Waals surface area contributed by atoms with Crippen LogP contribution in [0.2, 0.25) is 0 Å². The van der Waals surface area contributed by atoms with Gasteiger partial charge >= 0.3 is 5.92 Å². The van der Waals surface area contributed by atoms with E-state index in [1.807, 2.05) is 0 Å². The Morgan fingerprint density at radius 1 is 1.08 bits per heavy atom. The van der Waals surface area contributed by atoms with E-state index in [4.69, 9.17) is 4.74 Å². The van der Waals surface area contributed by atoms with Gasteiger partial charge in [0.2, 0.25) is 5.88 Å². The Morgan fingerprint density at radius 3 is 2.53 bits per heavy atom. The Balaban J connectivity index is 1.63. The highest BCUT2D eigenvalue weighted by atomic mass is 19.3. The molecule has 4 rings (SSSR count). The van der Waals surface area contributed by atoms with E-state index in [9.17, 15) is 13.9 Å². The number of halogens is 4. The number of pyridine rings is 2. The molecule has 0 saturated heterocycles. The van der Waals surface area contributed by atoms with Gasteiger partial charge in [-0.3, -0.25) is 4.98 Å². The van der Waals surface area contributed by atoms with Crippen molar-refractivity contribution in [2.75, 3.05) is 7.11 Å². The molecule has 0 aliphatic carbocycles. The Kier molecular flexibility index (Phi) is 6.87. The van der Waals surface area contributed by atoms with Gasteiger partial charge < -0.3 is 14.7 Å². The average Bonchev–Trinajstić information content (AvgIpc) is 3.36. The van der Waals surface area contributed by atoms with E-state index in [0.717, 1.165) is 35.4 Å². The molecule has 0 bridgehead atoms. The van der Waals surface area contributed by atoms with Crippen molar-refractivity contribution in [3.05, 3.63) is 89.6 Å². The van der Waals surface area contributed by atoms with Crippen LogP contribution in [0.4, 0.5) is 17.6 Å². The molecule has 1 N–H and O–H groups in total. The zero-order valence-electron chi connectivity index (χ0n) is 18.5. The van der Waals surface area contributed by atoms with Crippen LogP contribution in [0, 0.1) is 11.6 Å². The molecule has 0 fully saturated rings. The van der Waals surface area contributed by atoms with Crippen molar-refractivity contribution in [2.24, 2.45) is 5.16 Å². The fourth-order valence-electron chi connectivity index (χ4n) is 3.27. The lowest BCUT2D eigenvalue weighted by Gasteiger charge is -2.35. The molecular formula is C22H17F4N7O3. The number of aromatic nitrogens is 6. The maximum atomic E-state index is 15.7. The number of hydrogen-bond acceptors (Lipinski definition) is 9. The summed E-state index contributed by atoms with van der Waals surface area (Å²) in [6.45, 7) is -0.960. The molecule has 0 saturated carbocycles. The van der Waals surface area contributed by atoms with Crippen LogP contribution in [0.3, 0.4) is 0 Å². The van der Waals surface area contributed by atoms with E-state index in [0.29, 0.717) is 11.6 Å². The van der Waals surface area contributed by atoms with Crippen LogP contribution in [-0.2, 0) is 22.9 Å². The van der Waals surface area contributed by atoms with E-state index < -0.39 is 41.0 Å². The molecule has 0 aliphatic rings. The van der Waals surface area contributed by atoms with Crippen LogP contribution < -0.4 is 4.74 Å². The van der Waals surface area contributed by atoms with E-state index >= 15 is 8.78 Å². The van der Waals surface area contributed by atoms with Gasteiger partial charge in [-0.2, -0.15) is 8.78 Å². The van der Waals surface area contributed by atoms with Crippen LogP contribution in [0.1, 0.15) is 16.8 Å². The lowest BCUT2D eigenvalue weighted by molar-refractivity contribution is -0.207. The lowest BCUT2D eigenvalue weighted by Crippen LogP contribution is -2.48. The lowest BCUT2D eigenvalue weighted by atomic mass is 9.84. The summed E-state index contributed by atoms with van der Waals surface area (Å²) >= 11 is 0. The van der Waals surface area contributed by atoms with Crippen molar-refractivity contribution in [1.82, 2.24) is 30.2 Å². The maximum Gasteiger partial charge on any atom is 0.323 e. The van der Waals surface area contributed by atoms with Gasteiger partial charge in [-0.05, 0) is 40.8 Å². The van der Waals surface area contributed by atoms with Crippen molar-refractivity contribution >= 4 is 6.21 Å². The first-order valence-electron chi connectivity index (χ1n) is 10.2. The van der Waals surface area contributed by atoms with Crippen LogP contribution in [-0.4, -0.2) is 48.6 Å². The number of oxime groups is 1. The topological polar surface area (TPSA) is 120 Å². The summed E-state index contributed by atoms with van der Waals surface area (Å²) in [4.78, 5) is 12.3. The van der Waals surface area contributed by atoms with Crippen molar-refractivity contribution < 1.29 is 32.2 Å². The first-order chi connectivity index (χ1) is 17.2. The summed E-state index contributed by atoms with van der Waals surface area (Å²) in [5.74, 6) is -6.35. The standard InChI is InChI=1S/C22H17F4N7O3/c1-35-30-10-14-2-7-20(28-9-14)36-16-4-6-19(27-11-16)22(25,26)21(34,12-33-13-29-31-32-33)17-5-3-15(23)8-18(17)24/h2-11,13,34H,12H2,1H3. The van der Waals surface area contributed by atoms with Crippen molar-refractivity contribution in [3.8, 4) is 11.6 Å². The fraction of sp³-hybridized carbons (Fsp3) is 0.182. The average molecular weight is 503 g/mol. The number of alkyl halides is 2. The van der Waals surface area contributed by atoms with Gasteiger partial charge in [0.1, 0.15) is 36.5 Å². The second kappa shape index (κ2) is 10.0. The molecular weight excluding hydrogens is 486 g/mol. The minimum atomic E-state index is -4.18. The molecule has 0 amide bonds. The highest BCUT2D eigenvalue weighted by Crippen LogP contribution is 2.46. The van der Waals surface area contributed by atoms with Gasteiger partial charge in [0.15, 0.2) is 5.60 Å². The number of benzene rings is 1. The molecule has 0 radical (unpaired) electrons. The van der Waals surface area contributed by atoms with Gasteiger partial charge in [-0.1, -0.05) is 5.16 Å². The van der Waals surface area contributed by atoms with Crippen LogP contribution in [0.15, 0.2) is 66.3 Å². The molecule has 3 heterocycles. The molecule has 0 spiro atoms. The first-order valence-corrected chi connectivity index (χ1v) is 10.2. The molecule has 1 unspecified atom stereocenters. The molecule has 3 aromatic heterocycles. The van der Waals surface area contributed by atoms with Gasteiger partial charge in [0.05, 0.1) is 19.0 Å². The molecule has 10 nitrogen and oxygen atoms in total. The van der Waals surface area contributed by atoms with Crippen molar-refractivity contribution in [3.63, 3.8) is 0 Å². The minimum absolute atomic E-state index is 0.0670. The van der Waals surface area contributed by atoms with Crippen molar-refractivity contribution in [2.45, 2.75) is 18.1 Å². The monoisotopic (exact) mass is 503 g/mol. The summed E-state index contributed by atoms with van der Waals surface area (Å²) < 4.78 is 65.8. The second-order valence-electron chi connectivity index (χ2n) is 7.39. The van der Waals surface area contributed by atoms with Crippen LogP contribution in [0.25, 0.3) is 0 Å². The van der Waals surface area contributed by atoms with E-state index in [1.54, 1.807) is 6.07 Å². The SMILES string of the molecule is CON=Cc1ccc(Oc2ccc(C(F)(F)C(O)(Cn3cnnn3)c3ccc(F)cc3F)nc2)nc1. The minimum Gasteiger partial charge on any atom is -0.437 e. The first kappa shape index (κ1) is 24.7. The number of aliphatic hydroxyl groups is 1. The summed E-state index contributed by atoms with van der Waals surface area (Å²) in [7, 11) is 1.39. The predicted molar refractivity (Wildman–Crippen MR) is 115 cm³/mol. The van der Waals surface area contributed by atoms with E-state index in [-0.39, 0.29) is 11.6 Å². The summed E-state index contributed by atoms with van der Waals surface area (Å²) in [5, 5.41) is 24.9. The quantitative estimate of drug-likeness (QED) is 0.210. The number of ether oxygens (including phenoxy) is 1. The zero-order valence-corrected chi connectivity index (χ0v) is 18.5. The molecule has 186 valence electrons. The molecule has 1 aromatic carbocycles. The fourth-order valence-corrected chi connectivity index (χ4v) is 3.27. The van der Waals surface area contributed by atoms with Crippen LogP contribution in [0.5, 0.6) is 11.6 Å². The zero-order chi connectivity index (χ0) is 25.8. The third kappa shape index (κ3) is 4.98. The largest absolute Gasteiger partial charge is 0.437 e. The van der Waals surface area contributed by atoms with Gasteiger partial charge in [0, 0.05) is 29.5 Å². The maximum absolute atomic E-state index is 15.7. The Labute approximate surface area is 200 Å². The number of nitrogens with zero attached hydrogens (tertiary/aromatic N) is 7. The van der Waals surface area contributed by atoms with E-state index in [1.165, 1.54) is 31.7 Å². The Hall–Kier alpha value is -4.46. The Bertz CT molecular complexity index is 1340. The Morgan fingerprint density at radius 2 is 1.92 bits per heavy atom. The van der Waals surface area contributed by atoms with Gasteiger partial charge in [-0.15, -0.1) is 5.10 Å². The third-order valence-corrected chi connectivity index (χ3v) is 5.03. The van der Waals surface area contributed by atoms with Gasteiger partial charge in [0.25, 0.3) is 0 Å². The highest BCUT2D eigenvalue weighted by Gasteiger charge is 2.58. The molecule has 4 aromatic rings. The smallest absolute Gasteiger partial charge is 0.323 e. The number of tetrazole rings is 1. The second-order valence-corrected chi connectivity index (χ2v) is 7.39. The summed E-state index contributed by atoms with van der Waals surface area (Å²) in [6, 6.07) is 7.10. The molecule has 1 atom stereocenters. The summed E-state index contributed by atoms with van der Waals surface area (Å²) in [6.07, 6.45) is 4.83. The van der Waals surface area contributed by atoms with E-state index in [2.05, 4.69) is 35.5 Å². The van der Waals surface area contributed by atoms with Crippen LogP contribution >= 0.6 is 0 Å². The third-order valence-electron chi connectivity index (χ3n) is 5.03. The number of rotatable bonds is 9. The van der Waals surface area contributed by atoms with Crippen molar-refractivity contribution in [1.29, 1.82) is 0 Å². The molecule has 0 aliphatic heterocycles. The summed E-state index contributed by atoms with van der Waals surface area (Å²) in [5.41, 5.74) is -4.38.